The highest BCUT2D eigenvalue weighted by molar-refractivity contribution is 5.11. The number of hydrogen-bond acceptors (Lipinski definition) is 5. The van der Waals surface area contributed by atoms with Gasteiger partial charge in [0.15, 0.2) is 0 Å². The van der Waals surface area contributed by atoms with Crippen LogP contribution >= 0.6 is 0 Å². The first-order chi connectivity index (χ1) is 8.74. The van der Waals surface area contributed by atoms with Crippen LogP contribution in [-0.4, -0.2) is 22.3 Å². The first-order valence-electron chi connectivity index (χ1n) is 6.98. The van der Waals surface area contributed by atoms with Crippen LogP contribution in [-0.2, 0) is 10.2 Å². The van der Waals surface area contributed by atoms with E-state index < -0.39 is 5.54 Å². The second kappa shape index (κ2) is 6.01. The van der Waals surface area contributed by atoms with Crippen LogP contribution in [0.1, 0.15) is 72.2 Å². The van der Waals surface area contributed by atoms with Gasteiger partial charge in [-0.3, -0.25) is 0 Å². The van der Waals surface area contributed by atoms with Crippen molar-refractivity contribution < 1.29 is 9.26 Å². The molecule has 0 spiro atoms. The molecular weight excluding hydrogens is 242 g/mol. The maximum absolute atomic E-state index is 6.19. The van der Waals surface area contributed by atoms with Crippen molar-refractivity contribution in [2.75, 3.05) is 6.61 Å². The summed E-state index contributed by atoms with van der Waals surface area (Å²) in [6.45, 7) is 12.7. The average Bonchev–Trinajstić information content (AvgIpc) is 2.76. The van der Waals surface area contributed by atoms with Gasteiger partial charge in [-0.2, -0.15) is 4.98 Å². The van der Waals surface area contributed by atoms with Crippen LogP contribution in [0.3, 0.4) is 0 Å². The van der Waals surface area contributed by atoms with E-state index in [0.29, 0.717) is 18.3 Å². The first kappa shape index (κ1) is 16.1. The van der Waals surface area contributed by atoms with Gasteiger partial charge in [0.05, 0.1) is 5.41 Å². The maximum Gasteiger partial charge on any atom is 0.234 e. The third-order valence-corrected chi connectivity index (χ3v) is 3.79. The van der Waals surface area contributed by atoms with Crippen molar-refractivity contribution in [3.8, 4) is 0 Å². The lowest BCUT2D eigenvalue weighted by Gasteiger charge is -2.34. The van der Waals surface area contributed by atoms with Crippen molar-refractivity contribution in [3.63, 3.8) is 0 Å². The standard InChI is InChI=1S/C14H27N3O2/c1-7-9-10(18-8-2)11-16-12(19-17-11)13(3,4)14(5,6)15/h10H,7-9,15H2,1-6H3. The predicted molar refractivity (Wildman–Crippen MR) is 74.9 cm³/mol. The van der Waals surface area contributed by atoms with Crippen LogP contribution in [0.5, 0.6) is 0 Å². The number of ether oxygens (including phenoxy) is 1. The molecule has 0 aliphatic heterocycles. The van der Waals surface area contributed by atoms with Gasteiger partial charge in [0.1, 0.15) is 6.10 Å². The Morgan fingerprint density at radius 3 is 2.37 bits per heavy atom. The molecule has 1 unspecified atom stereocenters. The van der Waals surface area contributed by atoms with E-state index in [2.05, 4.69) is 17.1 Å². The molecule has 19 heavy (non-hydrogen) atoms. The molecule has 2 N–H and O–H groups in total. The van der Waals surface area contributed by atoms with Gasteiger partial charge in [-0.1, -0.05) is 18.5 Å². The van der Waals surface area contributed by atoms with Gasteiger partial charge in [-0.05, 0) is 41.0 Å². The van der Waals surface area contributed by atoms with E-state index in [9.17, 15) is 0 Å². The molecule has 1 aromatic heterocycles. The number of aromatic nitrogens is 2. The Morgan fingerprint density at radius 2 is 1.89 bits per heavy atom. The van der Waals surface area contributed by atoms with E-state index in [4.69, 9.17) is 15.0 Å². The summed E-state index contributed by atoms with van der Waals surface area (Å²) < 4.78 is 11.1. The molecule has 5 nitrogen and oxygen atoms in total. The highest BCUT2D eigenvalue weighted by atomic mass is 16.5. The molecule has 110 valence electrons. The minimum atomic E-state index is -0.442. The minimum Gasteiger partial charge on any atom is -0.370 e. The van der Waals surface area contributed by atoms with Gasteiger partial charge < -0.3 is 15.0 Å². The summed E-state index contributed by atoms with van der Waals surface area (Å²) in [6.07, 6.45) is 1.81. The van der Waals surface area contributed by atoms with E-state index in [-0.39, 0.29) is 11.5 Å². The van der Waals surface area contributed by atoms with Gasteiger partial charge in [0.25, 0.3) is 0 Å². The number of nitrogens with two attached hydrogens (primary N) is 1. The maximum atomic E-state index is 6.19. The zero-order chi connectivity index (χ0) is 14.7. The molecule has 1 aromatic rings. The van der Waals surface area contributed by atoms with Crippen LogP contribution < -0.4 is 5.73 Å². The van der Waals surface area contributed by atoms with E-state index in [1.807, 2.05) is 34.6 Å². The lowest BCUT2D eigenvalue weighted by molar-refractivity contribution is 0.0477. The molecule has 0 fully saturated rings. The molecule has 0 aliphatic rings. The lowest BCUT2D eigenvalue weighted by Crippen LogP contribution is -2.50. The summed E-state index contributed by atoms with van der Waals surface area (Å²) in [5.74, 6) is 1.19. The summed E-state index contributed by atoms with van der Waals surface area (Å²) in [6, 6.07) is 0. The molecule has 1 rings (SSSR count). The zero-order valence-corrected chi connectivity index (χ0v) is 13.0. The molecule has 0 saturated heterocycles. The van der Waals surface area contributed by atoms with E-state index in [1.165, 1.54) is 0 Å². The van der Waals surface area contributed by atoms with Crippen LogP contribution in [0.25, 0.3) is 0 Å². The Morgan fingerprint density at radius 1 is 1.26 bits per heavy atom. The summed E-state index contributed by atoms with van der Waals surface area (Å²) in [7, 11) is 0. The Balaban J connectivity index is 2.98. The summed E-state index contributed by atoms with van der Waals surface area (Å²) in [5, 5.41) is 4.07. The Kier molecular flexibility index (Phi) is 5.10. The summed E-state index contributed by atoms with van der Waals surface area (Å²) >= 11 is 0. The molecule has 5 heteroatoms. The topological polar surface area (TPSA) is 74.2 Å². The SMILES string of the molecule is CCCC(OCC)c1noc(C(C)(C)C(C)(C)N)n1. The van der Waals surface area contributed by atoms with Crippen molar-refractivity contribution in [2.24, 2.45) is 5.73 Å². The molecule has 0 aromatic carbocycles. The van der Waals surface area contributed by atoms with Gasteiger partial charge >= 0.3 is 0 Å². The molecule has 0 aliphatic carbocycles. The zero-order valence-electron chi connectivity index (χ0n) is 13.0. The normalized spacial score (nSPS) is 14.7. The fourth-order valence-electron chi connectivity index (χ4n) is 1.65. The van der Waals surface area contributed by atoms with Crippen LogP contribution in [0.4, 0.5) is 0 Å². The predicted octanol–water partition coefficient (Wildman–Crippen LogP) is 2.96. The lowest BCUT2D eigenvalue weighted by atomic mass is 9.75. The Hall–Kier alpha value is -0.940. The fraction of sp³-hybridized carbons (Fsp3) is 0.857. The second-order valence-electron chi connectivity index (χ2n) is 6.04. The summed E-state index contributed by atoms with van der Waals surface area (Å²) in [4.78, 5) is 4.50. The average molecular weight is 269 g/mol. The largest absolute Gasteiger partial charge is 0.370 e. The van der Waals surface area contributed by atoms with Crippen LogP contribution in [0, 0.1) is 0 Å². The Labute approximate surface area is 115 Å². The molecule has 1 heterocycles. The highest BCUT2D eigenvalue weighted by Crippen LogP contribution is 2.33. The Bertz CT molecular complexity index is 388. The van der Waals surface area contributed by atoms with Crippen molar-refractivity contribution >= 4 is 0 Å². The molecule has 0 saturated carbocycles. The number of rotatable bonds is 7. The van der Waals surface area contributed by atoms with E-state index in [0.717, 1.165) is 12.8 Å². The molecule has 0 bridgehead atoms. The van der Waals surface area contributed by atoms with Gasteiger partial charge in [-0.25, -0.2) is 0 Å². The van der Waals surface area contributed by atoms with E-state index in [1.54, 1.807) is 0 Å². The van der Waals surface area contributed by atoms with Gasteiger partial charge in [0.2, 0.25) is 11.7 Å². The quantitative estimate of drug-likeness (QED) is 0.823. The molecule has 0 radical (unpaired) electrons. The van der Waals surface area contributed by atoms with Gasteiger partial charge in [0, 0.05) is 12.1 Å². The molecular formula is C14H27N3O2. The van der Waals surface area contributed by atoms with Crippen molar-refractivity contribution in [2.45, 2.75) is 71.4 Å². The van der Waals surface area contributed by atoms with Crippen LogP contribution in [0.2, 0.25) is 0 Å². The monoisotopic (exact) mass is 269 g/mol. The number of hydrogen-bond donors (Lipinski definition) is 1. The molecule has 0 amide bonds. The number of nitrogens with zero attached hydrogens (tertiary/aromatic N) is 2. The van der Waals surface area contributed by atoms with Crippen molar-refractivity contribution in [3.05, 3.63) is 11.7 Å². The highest BCUT2D eigenvalue weighted by Gasteiger charge is 2.40. The third-order valence-electron chi connectivity index (χ3n) is 3.79. The second-order valence-corrected chi connectivity index (χ2v) is 6.04. The summed E-state index contributed by atoms with van der Waals surface area (Å²) in [5.41, 5.74) is 5.36. The smallest absolute Gasteiger partial charge is 0.234 e. The molecule has 1 atom stereocenters. The minimum absolute atomic E-state index is 0.0933. The van der Waals surface area contributed by atoms with Crippen molar-refractivity contribution in [1.82, 2.24) is 10.1 Å². The fourth-order valence-corrected chi connectivity index (χ4v) is 1.65. The van der Waals surface area contributed by atoms with Crippen LogP contribution in [0.15, 0.2) is 4.52 Å². The van der Waals surface area contributed by atoms with Gasteiger partial charge in [-0.15, -0.1) is 0 Å². The third kappa shape index (κ3) is 3.54. The van der Waals surface area contributed by atoms with Crippen molar-refractivity contribution in [1.29, 1.82) is 0 Å². The van der Waals surface area contributed by atoms with E-state index >= 15 is 0 Å². The first-order valence-corrected chi connectivity index (χ1v) is 6.98.